The smallest absolute Gasteiger partial charge is 0.00673 e. The molecule has 0 heterocycles. The second-order valence-corrected chi connectivity index (χ2v) is 3.68. The zero-order chi connectivity index (χ0) is 6.27. The average Bonchev–Trinajstić information content (AvgIpc) is 2.25. The third kappa shape index (κ3) is 0.877. The van der Waals surface area contributed by atoms with E-state index in [0.717, 1.165) is 11.8 Å². The Morgan fingerprint density at radius 1 is 1.00 bits per heavy atom. The fraction of sp³-hybridized carbons (Fsp3) is 1.00. The first kappa shape index (κ1) is 5.72. The van der Waals surface area contributed by atoms with Crippen LogP contribution in [0.1, 0.15) is 32.1 Å². The Morgan fingerprint density at radius 2 is 1.78 bits per heavy atom. The van der Waals surface area contributed by atoms with Gasteiger partial charge in [-0.15, -0.1) is 0 Å². The molecule has 0 aromatic carbocycles. The van der Waals surface area contributed by atoms with Crippen molar-refractivity contribution in [3.8, 4) is 0 Å². The summed E-state index contributed by atoms with van der Waals surface area (Å²) in [7, 11) is 0. The van der Waals surface area contributed by atoms with Crippen LogP contribution in [0.4, 0.5) is 0 Å². The van der Waals surface area contributed by atoms with Crippen LogP contribution in [0.3, 0.4) is 0 Å². The predicted octanol–water partition coefficient (Wildman–Crippen LogP) is 1.52. The van der Waals surface area contributed by atoms with Gasteiger partial charge in [-0.05, 0) is 37.5 Å². The van der Waals surface area contributed by atoms with E-state index in [1.165, 1.54) is 32.1 Å². The molecular weight excluding hydrogens is 110 g/mol. The molecule has 2 saturated carbocycles. The van der Waals surface area contributed by atoms with Crippen LogP contribution in [-0.4, -0.2) is 6.04 Å². The molecule has 1 nitrogen and oxygen atoms in total. The molecule has 52 valence electrons. The first-order valence-corrected chi connectivity index (χ1v) is 4.12. The standard InChI is InChI=1S/C8H15N/c9-8-4-2-6-1-3-7(8)5-6/h6-8H,1-5,9H2. The summed E-state index contributed by atoms with van der Waals surface area (Å²) >= 11 is 0. The number of hydrogen-bond acceptors (Lipinski definition) is 1. The summed E-state index contributed by atoms with van der Waals surface area (Å²) in [5.41, 5.74) is 5.92. The molecule has 1 heteroatoms. The maximum atomic E-state index is 5.92. The molecule has 0 saturated heterocycles. The van der Waals surface area contributed by atoms with E-state index in [1.807, 2.05) is 0 Å². The molecule has 0 spiro atoms. The first-order valence-electron chi connectivity index (χ1n) is 4.12. The van der Waals surface area contributed by atoms with Crippen molar-refractivity contribution in [1.82, 2.24) is 0 Å². The Balaban J connectivity index is 2.05. The number of fused-ring (bicyclic) bond motifs is 2. The summed E-state index contributed by atoms with van der Waals surface area (Å²) in [6.07, 6.45) is 7.05. The number of hydrogen-bond donors (Lipinski definition) is 1. The quantitative estimate of drug-likeness (QED) is 0.522. The van der Waals surface area contributed by atoms with E-state index in [-0.39, 0.29) is 0 Å². The second-order valence-electron chi connectivity index (χ2n) is 3.68. The average molecular weight is 125 g/mol. The van der Waals surface area contributed by atoms with Crippen LogP contribution in [0.25, 0.3) is 0 Å². The highest BCUT2D eigenvalue weighted by molar-refractivity contribution is 4.88. The fourth-order valence-corrected chi connectivity index (χ4v) is 2.43. The van der Waals surface area contributed by atoms with Gasteiger partial charge in [0.05, 0.1) is 0 Å². The molecule has 2 fully saturated rings. The van der Waals surface area contributed by atoms with Crippen molar-refractivity contribution in [2.45, 2.75) is 38.1 Å². The van der Waals surface area contributed by atoms with Gasteiger partial charge < -0.3 is 5.73 Å². The summed E-state index contributed by atoms with van der Waals surface area (Å²) in [4.78, 5) is 0. The van der Waals surface area contributed by atoms with Gasteiger partial charge in [-0.2, -0.15) is 0 Å². The van der Waals surface area contributed by atoms with Gasteiger partial charge in [0.1, 0.15) is 0 Å². The fourth-order valence-electron chi connectivity index (χ4n) is 2.43. The van der Waals surface area contributed by atoms with Crippen molar-refractivity contribution in [3.05, 3.63) is 0 Å². The van der Waals surface area contributed by atoms with E-state index in [1.54, 1.807) is 0 Å². The van der Waals surface area contributed by atoms with Crippen molar-refractivity contribution in [3.63, 3.8) is 0 Å². The Bertz CT molecular complexity index is 111. The lowest BCUT2D eigenvalue weighted by Crippen LogP contribution is -2.31. The van der Waals surface area contributed by atoms with Crippen LogP contribution in [0, 0.1) is 11.8 Å². The molecule has 0 radical (unpaired) electrons. The van der Waals surface area contributed by atoms with Crippen LogP contribution in [-0.2, 0) is 0 Å². The molecule has 3 unspecified atom stereocenters. The maximum absolute atomic E-state index is 5.92. The molecule has 2 bridgehead atoms. The van der Waals surface area contributed by atoms with Gasteiger partial charge in [-0.25, -0.2) is 0 Å². The minimum absolute atomic E-state index is 0.559. The second kappa shape index (κ2) is 1.98. The molecule has 9 heavy (non-hydrogen) atoms. The van der Waals surface area contributed by atoms with Gasteiger partial charge in [0.25, 0.3) is 0 Å². The van der Waals surface area contributed by atoms with Gasteiger partial charge in [0.2, 0.25) is 0 Å². The Kier molecular flexibility index (Phi) is 1.26. The normalized spacial score (nSPS) is 49.7. The van der Waals surface area contributed by atoms with E-state index < -0.39 is 0 Å². The highest BCUT2D eigenvalue weighted by Crippen LogP contribution is 2.40. The molecule has 0 aromatic heterocycles. The van der Waals surface area contributed by atoms with Gasteiger partial charge >= 0.3 is 0 Å². The number of nitrogens with two attached hydrogens (primary N) is 1. The van der Waals surface area contributed by atoms with Gasteiger partial charge in [0, 0.05) is 6.04 Å². The Labute approximate surface area is 56.6 Å². The third-order valence-electron chi connectivity index (χ3n) is 3.10. The molecular formula is C8H15N. The van der Waals surface area contributed by atoms with E-state index in [4.69, 9.17) is 5.73 Å². The van der Waals surface area contributed by atoms with Crippen molar-refractivity contribution in [2.24, 2.45) is 17.6 Å². The van der Waals surface area contributed by atoms with E-state index in [0.29, 0.717) is 6.04 Å². The van der Waals surface area contributed by atoms with Crippen LogP contribution in [0.2, 0.25) is 0 Å². The van der Waals surface area contributed by atoms with Crippen molar-refractivity contribution in [1.29, 1.82) is 0 Å². The zero-order valence-corrected chi connectivity index (χ0v) is 5.84. The van der Waals surface area contributed by atoms with E-state index in [9.17, 15) is 0 Å². The lowest BCUT2D eigenvalue weighted by atomic mass is 9.86. The van der Waals surface area contributed by atoms with Gasteiger partial charge in [0.15, 0.2) is 0 Å². The van der Waals surface area contributed by atoms with Crippen molar-refractivity contribution in [2.75, 3.05) is 0 Å². The highest BCUT2D eigenvalue weighted by Gasteiger charge is 2.33. The first-order chi connectivity index (χ1) is 4.36. The summed E-state index contributed by atoms with van der Waals surface area (Å²) in [5, 5.41) is 0. The largest absolute Gasteiger partial charge is 0.327 e. The molecule has 3 atom stereocenters. The number of rotatable bonds is 0. The summed E-state index contributed by atoms with van der Waals surface area (Å²) in [6, 6.07) is 0.559. The lowest BCUT2D eigenvalue weighted by Gasteiger charge is -2.24. The van der Waals surface area contributed by atoms with Gasteiger partial charge in [-0.1, -0.05) is 6.42 Å². The van der Waals surface area contributed by atoms with Gasteiger partial charge in [-0.3, -0.25) is 0 Å². The van der Waals surface area contributed by atoms with Crippen LogP contribution < -0.4 is 5.73 Å². The molecule has 0 aromatic rings. The van der Waals surface area contributed by atoms with Crippen molar-refractivity contribution >= 4 is 0 Å². The topological polar surface area (TPSA) is 26.0 Å². The summed E-state index contributed by atoms with van der Waals surface area (Å²) in [5.74, 6) is 1.97. The Hall–Kier alpha value is -0.0400. The molecule has 2 rings (SSSR count). The van der Waals surface area contributed by atoms with Crippen LogP contribution in [0.15, 0.2) is 0 Å². The van der Waals surface area contributed by atoms with Crippen LogP contribution in [0.5, 0.6) is 0 Å². The highest BCUT2D eigenvalue weighted by atomic mass is 14.7. The third-order valence-corrected chi connectivity index (χ3v) is 3.10. The lowest BCUT2D eigenvalue weighted by molar-refractivity contribution is 0.314. The Morgan fingerprint density at radius 3 is 2.56 bits per heavy atom. The molecule has 2 aliphatic rings. The van der Waals surface area contributed by atoms with Crippen molar-refractivity contribution < 1.29 is 0 Å². The minimum Gasteiger partial charge on any atom is -0.327 e. The van der Waals surface area contributed by atoms with E-state index >= 15 is 0 Å². The predicted molar refractivity (Wildman–Crippen MR) is 38.0 cm³/mol. The summed E-state index contributed by atoms with van der Waals surface area (Å²) in [6.45, 7) is 0. The zero-order valence-electron chi connectivity index (χ0n) is 5.84. The maximum Gasteiger partial charge on any atom is 0.00673 e. The molecule has 2 aliphatic carbocycles. The minimum atomic E-state index is 0.559. The molecule has 0 amide bonds. The molecule has 0 aliphatic heterocycles. The summed E-state index contributed by atoms with van der Waals surface area (Å²) < 4.78 is 0. The SMILES string of the molecule is NC1CCC2CCC1C2. The molecule has 2 N–H and O–H groups in total. The monoisotopic (exact) mass is 125 g/mol. The van der Waals surface area contributed by atoms with Crippen LogP contribution >= 0.6 is 0 Å². The van der Waals surface area contributed by atoms with E-state index in [2.05, 4.69) is 0 Å².